The Bertz CT molecular complexity index is 479. The van der Waals surface area contributed by atoms with Crippen molar-refractivity contribution in [1.82, 2.24) is 4.98 Å². The predicted molar refractivity (Wildman–Crippen MR) is 66.4 cm³/mol. The molecule has 1 aromatic carbocycles. The lowest BCUT2D eigenvalue weighted by Crippen LogP contribution is -1.85. The van der Waals surface area contributed by atoms with E-state index in [0.29, 0.717) is 5.02 Å². The van der Waals surface area contributed by atoms with Gasteiger partial charge < -0.3 is 5.73 Å². The zero-order chi connectivity index (χ0) is 10.8. The lowest BCUT2D eigenvalue weighted by Gasteiger charge is -1.98. The number of anilines is 1. The Morgan fingerprint density at radius 3 is 2.87 bits per heavy atom. The number of benzene rings is 1. The molecule has 0 aliphatic rings. The van der Waals surface area contributed by atoms with Gasteiger partial charge in [0.2, 0.25) is 0 Å². The summed E-state index contributed by atoms with van der Waals surface area (Å²) in [5, 5.41) is 2.52. The van der Waals surface area contributed by atoms with Gasteiger partial charge in [0.25, 0.3) is 0 Å². The van der Waals surface area contributed by atoms with E-state index >= 15 is 0 Å². The molecule has 0 radical (unpaired) electrons. The Morgan fingerprint density at radius 1 is 1.47 bits per heavy atom. The average Bonchev–Trinajstić information content (AvgIpc) is 2.60. The van der Waals surface area contributed by atoms with Crippen LogP contribution in [0.25, 0.3) is 11.3 Å². The van der Waals surface area contributed by atoms with E-state index in [1.807, 2.05) is 24.3 Å². The Hall–Kier alpha value is -1.06. The van der Waals surface area contributed by atoms with Gasteiger partial charge in [-0.05, 0) is 18.6 Å². The summed E-state index contributed by atoms with van der Waals surface area (Å²) in [6.45, 7) is 2.07. The highest BCUT2D eigenvalue weighted by atomic mass is 35.5. The van der Waals surface area contributed by atoms with Gasteiger partial charge in [0, 0.05) is 10.6 Å². The van der Waals surface area contributed by atoms with Gasteiger partial charge in [-0.15, -0.1) is 11.3 Å². The largest absolute Gasteiger partial charge is 0.389 e. The molecule has 2 rings (SSSR count). The molecular formula is C11H11ClN2S. The van der Waals surface area contributed by atoms with E-state index in [-0.39, 0.29) is 0 Å². The molecule has 0 amide bonds. The van der Waals surface area contributed by atoms with Crippen LogP contribution in [0.5, 0.6) is 0 Å². The van der Waals surface area contributed by atoms with Gasteiger partial charge in [-0.1, -0.05) is 30.7 Å². The van der Waals surface area contributed by atoms with E-state index in [2.05, 4.69) is 11.9 Å². The van der Waals surface area contributed by atoms with Gasteiger partial charge in [0.05, 0.1) is 5.01 Å². The van der Waals surface area contributed by atoms with Crippen molar-refractivity contribution in [3.8, 4) is 11.3 Å². The van der Waals surface area contributed by atoms with E-state index in [4.69, 9.17) is 17.3 Å². The minimum Gasteiger partial charge on any atom is -0.389 e. The monoisotopic (exact) mass is 238 g/mol. The van der Waals surface area contributed by atoms with Crippen LogP contribution < -0.4 is 5.73 Å². The van der Waals surface area contributed by atoms with Crippen LogP contribution in [0.4, 0.5) is 5.00 Å². The molecule has 1 aromatic heterocycles. The molecular weight excluding hydrogens is 228 g/mol. The van der Waals surface area contributed by atoms with E-state index in [9.17, 15) is 0 Å². The fraction of sp³-hybridized carbons (Fsp3) is 0.182. The van der Waals surface area contributed by atoms with Crippen molar-refractivity contribution in [2.24, 2.45) is 0 Å². The molecule has 0 saturated carbocycles. The van der Waals surface area contributed by atoms with Gasteiger partial charge in [-0.2, -0.15) is 0 Å². The highest BCUT2D eigenvalue weighted by Crippen LogP contribution is 2.31. The van der Waals surface area contributed by atoms with Gasteiger partial charge in [-0.25, -0.2) is 4.98 Å². The van der Waals surface area contributed by atoms with E-state index in [0.717, 1.165) is 27.7 Å². The van der Waals surface area contributed by atoms with Crippen molar-refractivity contribution >= 4 is 27.9 Å². The minimum absolute atomic E-state index is 0.706. The Kier molecular flexibility index (Phi) is 2.93. The molecule has 0 unspecified atom stereocenters. The van der Waals surface area contributed by atoms with Gasteiger partial charge in [-0.3, -0.25) is 0 Å². The SMILES string of the molecule is CCc1nc(-c2cccc(Cl)c2)c(N)s1. The van der Waals surface area contributed by atoms with E-state index < -0.39 is 0 Å². The number of rotatable bonds is 2. The van der Waals surface area contributed by atoms with Gasteiger partial charge >= 0.3 is 0 Å². The van der Waals surface area contributed by atoms with Crippen LogP contribution in [0.15, 0.2) is 24.3 Å². The fourth-order valence-corrected chi connectivity index (χ4v) is 2.36. The third kappa shape index (κ3) is 2.13. The molecule has 0 spiro atoms. The lowest BCUT2D eigenvalue weighted by molar-refractivity contribution is 1.10. The number of nitrogen functional groups attached to an aromatic ring is 1. The van der Waals surface area contributed by atoms with E-state index in [1.165, 1.54) is 11.3 Å². The number of aromatic nitrogens is 1. The zero-order valence-corrected chi connectivity index (χ0v) is 9.90. The molecule has 0 bridgehead atoms. The number of halogens is 1. The third-order valence-electron chi connectivity index (χ3n) is 2.10. The highest BCUT2D eigenvalue weighted by Gasteiger charge is 2.09. The summed E-state index contributed by atoms with van der Waals surface area (Å²) in [5.74, 6) is 0. The summed E-state index contributed by atoms with van der Waals surface area (Å²) in [7, 11) is 0. The van der Waals surface area contributed by atoms with Crippen LogP contribution in [-0.4, -0.2) is 4.98 Å². The van der Waals surface area contributed by atoms with Crippen molar-refractivity contribution in [3.05, 3.63) is 34.3 Å². The summed E-state index contributed by atoms with van der Waals surface area (Å²) in [5.41, 5.74) is 7.74. The second kappa shape index (κ2) is 4.21. The van der Waals surface area contributed by atoms with Crippen molar-refractivity contribution in [2.45, 2.75) is 13.3 Å². The van der Waals surface area contributed by atoms with Crippen molar-refractivity contribution in [1.29, 1.82) is 0 Å². The molecule has 78 valence electrons. The highest BCUT2D eigenvalue weighted by molar-refractivity contribution is 7.16. The first-order valence-corrected chi connectivity index (χ1v) is 5.91. The van der Waals surface area contributed by atoms with Crippen molar-refractivity contribution in [3.63, 3.8) is 0 Å². The molecule has 15 heavy (non-hydrogen) atoms. The lowest BCUT2D eigenvalue weighted by atomic mass is 10.2. The van der Waals surface area contributed by atoms with Gasteiger partial charge in [0.1, 0.15) is 10.7 Å². The number of nitrogens with zero attached hydrogens (tertiary/aromatic N) is 1. The van der Waals surface area contributed by atoms with Crippen molar-refractivity contribution < 1.29 is 0 Å². The topological polar surface area (TPSA) is 38.9 Å². The van der Waals surface area contributed by atoms with Crippen LogP contribution in [0.3, 0.4) is 0 Å². The minimum atomic E-state index is 0.706. The standard InChI is InChI=1S/C11H11ClN2S/c1-2-9-14-10(11(13)15-9)7-4-3-5-8(12)6-7/h3-6H,2,13H2,1H3. The molecule has 0 fully saturated rings. The quantitative estimate of drug-likeness (QED) is 0.868. The van der Waals surface area contributed by atoms with Gasteiger partial charge in [0.15, 0.2) is 0 Å². The summed E-state index contributed by atoms with van der Waals surface area (Å²) < 4.78 is 0. The molecule has 0 saturated heterocycles. The smallest absolute Gasteiger partial charge is 0.114 e. The predicted octanol–water partition coefficient (Wildman–Crippen LogP) is 3.61. The number of aryl methyl sites for hydroxylation is 1. The molecule has 0 aliphatic carbocycles. The normalized spacial score (nSPS) is 10.5. The Morgan fingerprint density at radius 2 is 2.27 bits per heavy atom. The molecule has 0 atom stereocenters. The number of hydrogen-bond acceptors (Lipinski definition) is 3. The average molecular weight is 239 g/mol. The van der Waals surface area contributed by atoms with Crippen LogP contribution >= 0.6 is 22.9 Å². The molecule has 4 heteroatoms. The first kappa shape index (κ1) is 10.5. The Labute approximate surface area is 97.7 Å². The van der Waals surface area contributed by atoms with Crippen LogP contribution in [-0.2, 0) is 6.42 Å². The van der Waals surface area contributed by atoms with Crippen LogP contribution in [0.1, 0.15) is 11.9 Å². The maximum atomic E-state index is 5.92. The molecule has 2 N–H and O–H groups in total. The second-order valence-corrected chi connectivity index (χ2v) is 4.74. The Balaban J connectivity index is 2.48. The molecule has 2 aromatic rings. The zero-order valence-electron chi connectivity index (χ0n) is 8.33. The molecule has 2 nitrogen and oxygen atoms in total. The number of hydrogen-bond donors (Lipinski definition) is 1. The summed E-state index contributed by atoms with van der Waals surface area (Å²) in [6.07, 6.45) is 0.912. The number of nitrogens with two attached hydrogens (primary N) is 1. The second-order valence-electron chi connectivity index (χ2n) is 3.18. The maximum absolute atomic E-state index is 5.92. The summed E-state index contributed by atoms with van der Waals surface area (Å²) in [6, 6.07) is 7.60. The molecule has 0 aliphatic heterocycles. The summed E-state index contributed by atoms with van der Waals surface area (Å²) >= 11 is 7.46. The number of thiazole rings is 1. The van der Waals surface area contributed by atoms with E-state index in [1.54, 1.807) is 0 Å². The fourth-order valence-electron chi connectivity index (χ4n) is 1.37. The van der Waals surface area contributed by atoms with Crippen LogP contribution in [0, 0.1) is 0 Å². The van der Waals surface area contributed by atoms with Crippen LogP contribution in [0.2, 0.25) is 5.02 Å². The third-order valence-corrected chi connectivity index (χ3v) is 3.36. The molecule has 1 heterocycles. The first-order valence-electron chi connectivity index (χ1n) is 4.72. The maximum Gasteiger partial charge on any atom is 0.114 e. The first-order chi connectivity index (χ1) is 7.20. The summed E-state index contributed by atoms with van der Waals surface area (Å²) in [4.78, 5) is 4.47. The van der Waals surface area contributed by atoms with Crippen molar-refractivity contribution in [2.75, 3.05) is 5.73 Å².